The zero-order valence-corrected chi connectivity index (χ0v) is 13.1. The fourth-order valence-electron chi connectivity index (χ4n) is 3.54. The summed E-state index contributed by atoms with van der Waals surface area (Å²) in [6, 6.07) is 0.493. The van der Waals surface area contributed by atoms with Gasteiger partial charge in [-0.2, -0.15) is 5.10 Å². The van der Waals surface area contributed by atoms with Crippen molar-refractivity contribution >= 4 is 5.91 Å². The fourth-order valence-corrected chi connectivity index (χ4v) is 3.54. The van der Waals surface area contributed by atoms with E-state index in [1.807, 2.05) is 0 Å². The molecule has 0 bridgehead atoms. The molecule has 1 saturated heterocycles. The smallest absolute Gasteiger partial charge is 0.223 e. The zero-order valence-electron chi connectivity index (χ0n) is 13.1. The Hall–Kier alpha value is -1.36. The molecule has 116 valence electrons. The van der Waals surface area contributed by atoms with Crippen molar-refractivity contribution in [3.8, 4) is 0 Å². The average molecular weight is 290 g/mol. The summed E-state index contributed by atoms with van der Waals surface area (Å²) in [5.41, 5.74) is 3.66. The maximum atomic E-state index is 12.3. The van der Waals surface area contributed by atoms with Crippen molar-refractivity contribution < 1.29 is 4.79 Å². The van der Waals surface area contributed by atoms with E-state index < -0.39 is 0 Å². The van der Waals surface area contributed by atoms with Crippen molar-refractivity contribution in [1.29, 1.82) is 0 Å². The van der Waals surface area contributed by atoms with Crippen LogP contribution in [0.4, 0.5) is 0 Å². The minimum atomic E-state index is 0.158. The number of carbonyl (C=O) groups excluding carboxylic acids is 1. The first-order chi connectivity index (χ1) is 10.1. The number of likely N-dealkylation sites (tertiary alicyclic amines) is 1. The minimum Gasteiger partial charge on any atom is -0.350 e. The van der Waals surface area contributed by atoms with Crippen LogP contribution in [0.2, 0.25) is 0 Å². The highest BCUT2D eigenvalue weighted by molar-refractivity contribution is 5.78. The molecule has 1 aliphatic carbocycles. The molecule has 3 rings (SSSR count). The van der Waals surface area contributed by atoms with Crippen molar-refractivity contribution in [3.05, 3.63) is 17.0 Å². The third-order valence-electron chi connectivity index (χ3n) is 5.15. The van der Waals surface area contributed by atoms with E-state index in [0.717, 1.165) is 37.9 Å². The highest BCUT2D eigenvalue weighted by Gasteiger charge is 2.28. The normalized spacial score (nSPS) is 26.4. The van der Waals surface area contributed by atoms with E-state index in [9.17, 15) is 4.79 Å². The molecule has 2 aliphatic rings. The second-order valence-electron chi connectivity index (χ2n) is 6.60. The molecule has 1 aromatic rings. The molecule has 21 heavy (non-hydrogen) atoms. The van der Waals surface area contributed by atoms with Crippen molar-refractivity contribution in [1.82, 2.24) is 20.4 Å². The van der Waals surface area contributed by atoms with Gasteiger partial charge in [-0.1, -0.05) is 0 Å². The summed E-state index contributed by atoms with van der Waals surface area (Å²) in [7, 11) is 2.13. The molecule has 0 unspecified atom stereocenters. The molecular formula is C16H26N4O. The van der Waals surface area contributed by atoms with Gasteiger partial charge in [0.05, 0.1) is 12.2 Å². The van der Waals surface area contributed by atoms with Gasteiger partial charge in [0, 0.05) is 17.7 Å². The second-order valence-corrected chi connectivity index (χ2v) is 6.60. The lowest BCUT2D eigenvalue weighted by Crippen LogP contribution is -2.43. The highest BCUT2D eigenvalue weighted by atomic mass is 16.1. The Morgan fingerprint density at radius 1 is 1.43 bits per heavy atom. The number of amides is 1. The number of H-pyrrole nitrogens is 1. The summed E-state index contributed by atoms with van der Waals surface area (Å²) in [5, 5.41) is 10.6. The van der Waals surface area contributed by atoms with Gasteiger partial charge in [-0.25, -0.2) is 0 Å². The molecule has 5 nitrogen and oxygen atoms in total. The number of piperidine rings is 1. The SMILES string of the molecule is C[C@H]1C[C@@H](C(=O)NCc2n[nH]c3c2CCCC3)CCN1C. The fraction of sp³-hybridized carbons (Fsp3) is 0.750. The molecular weight excluding hydrogens is 264 g/mol. The van der Waals surface area contributed by atoms with Crippen LogP contribution in [0.25, 0.3) is 0 Å². The number of carbonyl (C=O) groups is 1. The Morgan fingerprint density at radius 3 is 3.05 bits per heavy atom. The van der Waals surface area contributed by atoms with Crippen LogP contribution in [0, 0.1) is 5.92 Å². The molecule has 1 aromatic heterocycles. The number of rotatable bonds is 3. The van der Waals surface area contributed by atoms with Crippen LogP contribution in [-0.4, -0.2) is 40.6 Å². The number of fused-ring (bicyclic) bond motifs is 1. The maximum absolute atomic E-state index is 12.3. The van der Waals surface area contributed by atoms with E-state index in [4.69, 9.17) is 0 Å². The number of aromatic nitrogens is 2. The Kier molecular flexibility index (Phi) is 4.29. The molecule has 2 atom stereocenters. The lowest BCUT2D eigenvalue weighted by molar-refractivity contribution is -0.127. The third kappa shape index (κ3) is 3.12. The first-order valence-corrected chi connectivity index (χ1v) is 8.18. The monoisotopic (exact) mass is 290 g/mol. The van der Waals surface area contributed by atoms with Crippen LogP contribution < -0.4 is 5.32 Å². The van der Waals surface area contributed by atoms with Crippen LogP contribution in [0.15, 0.2) is 0 Å². The molecule has 0 aromatic carbocycles. The first-order valence-electron chi connectivity index (χ1n) is 8.18. The molecule has 2 heterocycles. The lowest BCUT2D eigenvalue weighted by Gasteiger charge is -2.34. The molecule has 0 saturated carbocycles. The Bertz CT molecular complexity index is 510. The van der Waals surface area contributed by atoms with E-state index in [0.29, 0.717) is 12.6 Å². The lowest BCUT2D eigenvalue weighted by atomic mass is 9.91. The third-order valence-corrected chi connectivity index (χ3v) is 5.15. The van der Waals surface area contributed by atoms with Gasteiger partial charge in [0.25, 0.3) is 0 Å². The molecule has 0 spiro atoms. The summed E-state index contributed by atoms with van der Waals surface area (Å²) >= 11 is 0. The highest BCUT2D eigenvalue weighted by Crippen LogP contribution is 2.23. The van der Waals surface area contributed by atoms with Crippen molar-refractivity contribution in [3.63, 3.8) is 0 Å². The van der Waals surface area contributed by atoms with Crippen LogP contribution in [-0.2, 0) is 24.2 Å². The van der Waals surface area contributed by atoms with Crippen LogP contribution in [0.5, 0.6) is 0 Å². The number of hydrogen-bond donors (Lipinski definition) is 2. The van der Waals surface area contributed by atoms with E-state index >= 15 is 0 Å². The predicted molar refractivity (Wildman–Crippen MR) is 81.9 cm³/mol. The summed E-state index contributed by atoms with van der Waals surface area (Å²) < 4.78 is 0. The molecule has 5 heteroatoms. The van der Waals surface area contributed by atoms with Crippen molar-refractivity contribution in [2.45, 2.75) is 58.0 Å². The number of aryl methyl sites for hydroxylation is 1. The van der Waals surface area contributed by atoms with Gasteiger partial charge in [0.15, 0.2) is 0 Å². The van der Waals surface area contributed by atoms with Gasteiger partial charge < -0.3 is 10.2 Å². The summed E-state index contributed by atoms with van der Waals surface area (Å²) in [4.78, 5) is 14.7. The minimum absolute atomic E-state index is 0.158. The van der Waals surface area contributed by atoms with E-state index in [-0.39, 0.29) is 11.8 Å². The molecule has 1 fully saturated rings. The number of nitrogens with zero attached hydrogens (tertiary/aromatic N) is 2. The van der Waals surface area contributed by atoms with Gasteiger partial charge in [-0.05, 0) is 64.6 Å². The topological polar surface area (TPSA) is 61.0 Å². The van der Waals surface area contributed by atoms with Crippen molar-refractivity contribution in [2.75, 3.05) is 13.6 Å². The average Bonchev–Trinajstić information content (AvgIpc) is 2.91. The van der Waals surface area contributed by atoms with E-state index in [2.05, 4.69) is 34.4 Å². The predicted octanol–water partition coefficient (Wildman–Crippen LogP) is 1.63. The van der Waals surface area contributed by atoms with Gasteiger partial charge in [-0.3, -0.25) is 9.89 Å². The van der Waals surface area contributed by atoms with Gasteiger partial charge in [0.2, 0.25) is 5.91 Å². The van der Waals surface area contributed by atoms with E-state index in [1.54, 1.807) is 0 Å². The summed E-state index contributed by atoms with van der Waals surface area (Å²) in [6.07, 6.45) is 6.60. The molecule has 0 radical (unpaired) electrons. The standard InChI is InChI=1S/C16H26N4O/c1-11-9-12(7-8-20(11)2)16(21)17-10-15-13-5-3-4-6-14(13)18-19-15/h11-12H,3-10H2,1-2H3,(H,17,21)(H,18,19)/t11-,12-/m0/s1. The van der Waals surface area contributed by atoms with Crippen molar-refractivity contribution in [2.24, 2.45) is 5.92 Å². The van der Waals surface area contributed by atoms with E-state index in [1.165, 1.54) is 24.1 Å². The van der Waals surface area contributed by atoms with Crippen LogP contribution in [0.3, 0.4) is 0 Å². The maximum Gasteiger partial charge on any atom is 0.223 e. The number of hydrogen-bond acceptors (Lipinski definition) is 3. The summed E-state index contributed by atoms with van der Waals surface area (Å²) in [5.74, 6) is 0.355. The Balaban J connectivity index is 1.55. The zero-order chi connectivity index (χ0) is 14.8. The number of nitrogens with one attached hydrogen (secondary N) is 2. The quantitative estimate of drug-likeness (QED) is 0.889. The molecule has 2 N–H and O–H groups in total. The second kappa shape index (κ2) is 6.18. The first kappa shape index (κ1) is 14.6. The molecule has 1 aliphatic heterocycles. The molecule has 1 amide bonds. The summed E-state index contributed by atoms with van der Waals surface area (Å²) in [6.45, 7) is 3.78. The Morgan fingerprint density at radius 2 is 2.24 bits per heavy atom. The largest absolute Gasteiger partial charge is 0.350 e. The van der Waals surface area contributed by atoms with Crippen LogP contribution >= 0.6 is 0 Å². The van der Waals surface area contributed by atoms with Gasteiger partial charge >= 0.3 is 0 Å². The van der Waals surface area contributed by atoms with Gasteiger partial charge in [-0.15, -0.1) is 0 Å². The Labute approximate surface area is 126 Å². The van der Waals surface area contributed by atoms with Gasteiger partial charge in [0.1, 0.15) is 0 Å². The van der Waals surface area contributed by atoms with Crippen LogP contribution in [0.1, 0.15) is 49.6 Å². The number of aromatic amines is 1.